The van der Waals surface area contributed by atoms with Crippen molar-refractivity contribution in [1.29, 1.82) is 0 Å². The van der Waals surface area contributed by atoms with Crippen LogP contribution in [0.4, 0.5) is 0 Å². The number of nitrogens with zero attached hydrogens (tertiary/aromatic N) is 3. The summed E-state index contributed by atoms with van der Waals surface area (Å²) in [5.74, 6) is 1.55. The molecule has 0 saturated carbocycles. The Kier molecular flexibility index (Phi) is 4.05. The molecule has 0 aliphatic carbocycles. The molecule has 0 radical (unpaired) electrons. The lowest BCUT2D eigenvalue weighted by Crippen LogP contribution is -2.23. The second-order valence-electron chi connectivity index (χ2n) is 5.33. The van der Waals surface area contributed by atoms with Gasteiger partial charge in [-0.2, -0.15) is 0 Å². The molecule has 106 valence electrons. The number of hydrogen-bond donors (Lipinski definition) is 1. The van der Waals surface area contributed by atoms with Gasteiger partial charge in [-0.25, -0.2) is 4.98 Å². The normalized spacial score (nSPS) is 19.6. The highest BCUT2D eigenvalue weighted by Crippen LogP contribution is 2.20. The Hall–Kier alpha value is -1.36. The van der Waals surface area contributed by atoms with Crippen molar-refractivity contribution in [2.45, 2.75) is 13.0 Å². The van der Waals surface area contributed by atoms with Crippen molar-refractivity contribution < 1.29 is 0 Å². The lowest BCUT2D eigenvalue weighted by atomic mass is 10.1. The van der Waals surface area contributed by atoms with E-state index in [9.17, 15) is 0 Å². The Balaban J connectivity index is 1.75. The van der Waals surface area contributed by atoms with Crippen molar-refractivity contribution in [2.75, 3.05) is 19.6 Å². The summed E-state index contributed by atoms with van der Waals surface area (Å²) in [5, 5.41) is 0.660. The van der Waals surface area contributed by atoms with Crippen molar-refractivity contribution in [3.05, 3.63) is 47.4 Å². The molecular weight excluding hydrogens is 272 g/mol. The van der Waals surface area contributed by atoms with E-state index in [1.165, 1.54) is 12.1 Å². The van der Waals surface area contributed by atoms with E-state index in [4.69, 9.17) is 17.3 Å². The van der Waals surface area contributed by atoms with Crippen LogP contribution in [0, 0.1) is 5.92 Å². The van der Waals surface area contributed by atoms with E-state index in [1.807, 2.05) is 18.3 Å². The lowest BCUT2D eigenvalue weighted by Gasteiger charge is -2.17. The van der Waals surface area contributed by atoms with Crippen LogP contribution in [0.3, 0.4) is 0 Å². The molecule has 1 atom stereocenters. The maximum Gasteiger partial charge on any atom is 0.136 e. The van der Waals surface area contributed by atoms with E-state index in [0.717, 1.165) is 32.0 Å². The lowest BCUT2D eigenvalue weighted by molar-refractivity contribution is 0.312. The summed E-state index contributed by atoms with van der Waals surface area (Å²) in [6.07, 6.45) is 4.93. The van der Waals surface area contributed by atoms with Crippen LogP contribution in [0.5, 0.6) is 0 Å². The van der Waals surface area contributed by atoms with Gasteiger partial charge in [0, 0.05) is 31.2 Å². The fourth-order valence-electron chi connectivity index (χ4n) is 2.76. The zero-order valence-electron chi connectivity index (χ0n) is 11.4. The molecule has 0 unspecified atom stereocenters. The summed E-state index contributed by atoms with van der Waals surface area (Å²) in [5.41, 5.74) is 7.00. The first-order chi connectivity index (χ1) is 9.76. The first-order valence-electron chi connectivity index (χ1n) is 6.97. The third kappa shape index (κ3) is 2.87. The largest absolute Gasteiger partial charge is 0.330 e. The molecule has 1 fully saturated rings. The fraction of sp³-hybridized carbons (Fsp3) is 0.400. The van der Waals surface area contributed by atoms with E-state index >= 15 is 0 Å². The molecule has 1 aliphatic heterocycles. The van der Waals surface area contributed by atoms with Gasteiger partial charge in [0.1, 0.15) is 5.82 Å². The van der Waals surface area contributed by atoms with Crippen LogP contribution in [0.1, 0.15) is 12.1 Å². The van der Waals surface area contributed by atoms with E-state index in [1.54, 1.807) is 6.20 Å². The molecule has 2 N–H and O–H groups in total. The SMILES string of the molecule is NC[C@H]1CCN(Cc2cccn2-c2ccc(Cl)cn2)C1. The summed E-state index contributed by atoms with van der Waals surface area (Å²) in [6, 6.07) is 8.01. The number of likely N-dealkylation sites (tertiary alicyclic amines) is 1. The van der Waals surface area contributed by atoms with Gasteiger partial charge in [-0.05, 0) is 49.7 Å². The molecule has 1 aliphatic rings. The molecule has 1 saturated heterocycles. The van der Waals surface area contributed by atoms with Crippen molar-refractivity contribution >= 4 is 11.6 Å². The number of pyridine rings is 1. The third-order valence-electron chi connectivity index (χ3n) is 3.88. The molecule has 4 nitrogen and oxygen atoms in total. The smallest absolute Gasteiger partial charge is 0.136 e. The quantitative estimate of drug-likeness (QED) is 0.940. The molecule has 2 aromatic heterocycles. The molecule has 0 aromatic carbocycles. The van der Waals surface area contributed by atoms with E-state index in [-0.39, 0.29) is 0 Å². The van der Waals surface area contributed by atoms with Crippen LogP contribution in [0.25, 0.3) is 5.82 Å². The third-order valence-corrected chi connectivity index (χ3v) is 4.10. The highest BCUT2D eigenvalue weighted by molar-refractivity contribution is 6.30. The summed E-state index contributed by atoms with van der Waals surface area (Å²) in [6.45, 7) is 3.95. The van der Waals surface area contributed by atoms with Gasteiger partial charge in [0.25, 0.3) is 0 Å². The maximum absolute atomic E-state index is 5.89. The van der Waals surface area contributed by atoms with Gasteiger partial charge in [0.2, 0.25) is 0 Å². The highest BCUT2D eigenvalue weighted by atomic mass is 35.5. The highest BCUT2D eigenvalue weighted by Gasteiger charge is 2.22. The molecule has 0 amide bonds. The summed E-state index contributed by atoms with van der Waals surface area (Å²) in [4.78, 5) is 6.84. The van der Waals surface area contributed by atoms with Crippen molar-refractivity contribution in [1.82, 2.24) is 14.5 Å². The molecule has 0 bridgehead atoms. The predicted octanol–water partition coefficient (Wildman–Crippen LogP) is 2.31. The molecule has 5 heteroatoms. The first kappa shape index (κ1) is 13.6. The Morgan fingerprint density at radius 3 is 2.95 bits per heavy atom. The average Bonchev–Trinajstić information content (AvgIpc) is 3.09. The van der Waals surface area contributed by atoms with Crippen LogP contribution in [-0.2, 0) is 6.54 Å². The van der Waals surface area contributed by atoms with E-state index < -0.39 is 0 Å². The van der Waals surface area contributed by atoms with E-state index in [2.05, 4.69) is 26.6 Å². The number of hydrogen-bond acceptors (Lipinski definition) is 3. The fourth-order valence-corrected chi connectivity index (χ4v) is 2.87. The molecule has 3 heterocycles. The van der Waals surface area contributed by atoms with Crippen LogP contribution in [0.15, 0.2) is 36.7 Å². The van der Waals surface area contributed by atoms with Crippen molar-refractivity contribution in [3.63, 3.8) is 0 Å². The minimum atomic E-state index is 0.645. The number of rotatable bonds is 4. The minimum Gasteiger partial charge on any atom is -0.330 e. The Labute approximate surface area is 124 Å². The van der Waals surface area contributed by atoms with Crippen molar-refractivity contribution in [3.8, 4) is 5.82 Å². The van der Waals surface area contributed by atoms with Crippen LogP contribution >= 0.6 is 11.6 Å². The zero-order chi connectivity index (χ0) is 13.9. The number of aromatic nitrogens is 2. The van der Waals surface area contributed by atoms with Crippen LogP contribution in [0.2, 0.25) is 5.02 Å². The van der Waals surface area contributed by atoms with Gasteiger partial charge < -0.3 is 10.3 Å². The standard InChI is InChI=1S/C15H19ClN4/c16-13-3-4-15(18-9-13)20-6-1-2-14(20)11-19-7-5-12(8-17)10-19/h1-4,6,9,12H,5,7-8,10-11,17H2/t12-/m1/s1. The topological polar surface area (TPSA) is 47.1 Å². The molecular formula is C15H19ClN4. The van der Waals surface area contributed by atoms with Crippen LogP contribution < -0.4 is 5.73 Å². The Bertz CT molecular complexity index is 564. The molecule has 3 rings (SSSR count). The number of halogens is 1. The number of nitrogens with two attached hydrogens (primary N) is 1. The predicted molar refractivity (Wildman–Crippen MR) is 81.0 cm³/mol. The van der Waals surface area contributed by atoms with Crippen LogP contribution in [-0.4, -0.2) is 34.1 Å². The van der Waals surface area contributed by atoms with Gasteiger partial charge in [0.05, 0.1) is 5.02 Å². The van der Waals surface area contributed by atoms with Gasteiger partial charge >= 0.3 is 0 Å². The van der Waals surface area contributed by atoms with Gasteiger partial charge in [-0.15, -0.1) is 0 Å². The average molecular weight is 291 g/mol. The molecule has 0 spiro atoms. The Morgan fingerprint density at radius 2 is 2.25 bits per heavy atom. The van der Waals surface area contributed by atoms with Gasteiger partial charge in [-0.1, -0.05) is 11.6 Å². The summed E-state index contributed by atoms with van der Waals surface area (Å²) >= 11 is 5.89. The second kappa shape index (κ2) is 5.95. The second-order valence-corrected chi connectivity index (χ2v) is 5.77. The van der Waals surface area contributed by atoms with Crippen molar-refractivity contribution in [2.24, 2.45) is 11.7 Å². The summed E-state index contributed by atoms with van der Waals surface area (Å²) < 4.78 is 2.12. The molecule has 2 aromatic rings. The monoisotopic (exact) mass is 290 g/mol. The van der Waals surface area contributed by atoms with Gasteiger partial charge in [-0.3, -0.25) is 4.90 Å². The maximum atomic E-state index is 5.89. The molecule has 20 heavy (non-hydrogen) atoms. The Morgan fingerprint density at radius 1 is 1.35 bits per heavy atom. The zero-order valence-corrected chi connectivity index (χ0v) is 12.1. The van der Waals surface area contributed by atoms with E-state index in [0.29, 0.717) is 10.9 Å². The van der Waals surface area contributed by atoms with Gasteiger partial charge in [0.15, 0.2) is 0 Å². The summed E-state index contributed by atoms with van der Waals surface area (Å²) in [7, 11) is 0. The first-order valence-corrected chi connectivity index (χ1v) is 7.34. The minimum absolute atomic E-state index is 0.645.